The summed E-state index contributed by atoms with van der Waals surface area (Å²) in [7, 11) is 0. The lowest BCUT2D eigenvalue weighted by Crippen LogP contribution is -2.16. The van der Waals surface area contributed by atoms with Crippen LogP contribution >= 0.6 is 15.9 Å². The van der Waals surface area contributed by atoms with Gasteiger partial charge in [0.25, 0.3) is 0 Å². The van der Waals surface area contributed by atoms with E-state index in [1.54, 1.807) is 0 Å². The minimum absolute atomic E-state index is 0.110. The van der Waals surface area contributed by atoms with E-state index in [2.05, 4.69) is 139 Å². The second-order valence-electron chi connectivity index (χ2n) is 11.9. The van der Waals surface area contributed by atoms with E-state index in [9.17, 15) is 0 Å². The highest BCUT2D eigenvalue weighted by Crippen LogP contribution is 2.36. The summed E-state index contributed by atoms with van der Waals surface area (Å²) < 4.78 is 1.13. The SMILES string of the molecule is CC(C)(C)c1cc(Br)cc(-c2cccc(-c3cc(C(C)(C)C)cc(C(C)(C)C)c3)c2)c1. The summed E-state index contributed by atoms with van der Waals surface area (Å²) in [4.78, 5) is 0. The average Bonchev–Trinajstić information content (AvgIpc) is 2.65. The minimum atomic E-state index is 0.110. The fourth-order valence-corrected chi connectivity index (χ4v) is 4.22. The second kappa shape index (κ2) is 8.24. The molecular weight excluding hydrogens is 440 g/mol. The van der Waals surface area contributed by atoms with E-state index in [4.69, 9.17) is 0 Å². The van der Waals surface area contributed by atoms with E-state index in [1.807, 2.05) is 0 Å². The topological polar surface area (TPSA) is 0 Å². The van der Waals surface area contributed by atoms with Crippen LogP contribution < -0.4 is 0 Å². The van der Waals surface area contributed by atoms with Gasteiger partial charge in [0.05, 0.1) is 0 Å². The van der Waals surface area contributed by atoms with Crippen molar-refractivity contribution in [2.24, 2.45) is 0 Å². The summed E-state index contributed by atoms with van der Waals surface area (Å²) in [6.07, 6.45) is 0. The zero-order valence-electron chi connectivity index (χ0n) is 20.7. The highest BCUT2D eigenvalue weighted by molar-refractivity contribution is 9.10. The maximum absolute atomic E-state index is 3.73. The molecule has 0 saturated heterocycles. The Balaban J connectivity index is 2.16. The van der Waals surface area contributed by atoms with Crippen LogP contribution in [0.5, 0.6) is 0 Å². The lowest BCUT2D eigenvalue weighted by molar-refractivity contribution is 0.569. The Hall–Kier alpha value is -1.86. The number of benzene rings is 3. The van der Waals surface area contributed by atoms with E-state index >= 15 is 0 Å². The standard InChI is InChI=1S/C30H37Br/c1-28(2,3)24-14-22(15-25(18-24)29(4,5)6)20-11-10-12-21(13-20)23-16-26(30(7,8)9)19-27(31)17-23/h10-19H,1-9H3. The molecule has 0 N–H and O–H groups in total. The molecule has 31 heavy (non-hydrogen) atoms. The summed E-state index contributed by atoms with van der Waals surface area (Å²) in [5.41, 5.74) is 9.52. The molecule has 0 amide bonds. The molecule has 0 saturated carbocycles. The molecule has 0 aliphatic rings. The quantitative estimate of drug-likeness (QED) is 0.345. The van der Waals surface area contributed by atoms with E-state index in [1.165, 1.54) is 38.9 Å². The fraction of sp³-hybridized carbons (Fsp3) is 0.400. The van der Waals surface area contributed by atoms with Gasteiger partial charge in [0.15, 0.2) is 0 Å². The molecule has 0 nitrogen and oxygen atoms in total. The molecular formula is C30H37Br. The highest BCUT2D eigenvalue weighted by Gasteiger charge is 2.21. The number of rotatable bonds is 2. The fourth-order valence-electron chi connectivity index (χ4n) is 3.73. The molecule has 1 heteroatoms. The second-order valence-corrected chi connectivity index (χ2v) is 12.8. The molecule has 0 fully saturated rings. The molecule has 3 aromatic carbocycles. The molecule has 164 valence electrons. The van der Waals surface area contributed by atoms with Crippen molar-refractivity contribution >= 4 is 15.9 Å². The first-order chi connectivity index (χ1) is 14.1. The molecule has 0 bridgehead atoms. The maximum atomic E-state index is 3.73. The van der Waals surface area contributed by atoms with Crippen LogP contribution in [0.4, 0.5) is 0 Å². The molecule has 0 aliphatic heterocycles. The van der Waals surface area contributed by atoms with E-state index in [-0.39, 0.29) is 16.2 Å². The third kappa shape index (κ3) is 5.69. The summed E-state index contributed by atoms with van der Waals surface area (Å²) in [6.45, 7) is 20.6. The zero-order chi connectivity index (χ0) is 23.2. The van der Waals surface area contributed by atoms with Crippen LogP contribution in [0.15, 0.2) is 65.1 Å². The van der Waals surface area contributed by atoms with Gasteiger partial charge in [0.1, 0.15) is 0 Å². The van der Waals surface area contributed by atoms with Crippen LogP contribution in [0, 0.1) is 0 Å². The van der Waals surface area contributed by atoms with E-state index < -0.39 is 0 Å². The van der Waals surface area contributed by atoms with Crippen LogP contribution in [0.2, 0.25) is 0 Å². The largest absolute Gasteiger partial charge is 0.0610 e. The van der Waals surface area contributed by atoms with Crippen LogP contribution in [0.1, 0.15) is 79.0 Å². The van der Waals surface area contributed by atoms with Crippen LogP contribution in [0.25, 0.3) is 22.3 Å². The molecule has 0 aliphatic carbocycles. The van der Waals surface area contributed by atoms with Gasteiger partial charge in [-0.05, 0) is 73.4 Å². The third-order valence-electron chi connectivity index (χ3n) is 5.96. The summed E-state index contributed by atoms with van der Waals surface area (Å²) in [5.74, 6) is 0. The van der Waals surface area contributed by atoms with Crippen molar-refractivity contribution < 1.29 is 0 Å². The predicted molar refractivity (Wildman–Crippen MR) is 141 cm³/mol. The Labute approximate surface area is 198 Å². The van der Waals surface area contributed by atoms with Crippen molar-refractivity contribution in [3.63, 3.8) is 0 Å². The van der Waals surface area contributed by atoms with Gasteiger partial charge in [0, 0.05) is 4.47 Å². The van der Waals surface area contributed by atoms with Crippen molar-refractivity contribution in [1.82, 2.24) is 0 Å². The van der Waals surface area contributed by atoms with Gasteiger partial charge in [-0.25, -0.2) is 0 Å². The smallest absolute Gasteiger partial charge is 0.0184 e. The normalized spacial score (nSPS) is 12.8. The summed E-state index contributed by atoms with van der Waals surface area (Å²) in [6, 6.07) is 22.9. The van der Waals surface area contributed by atoms with Crippen LogP contribution in [-0.4, -0.2) is 0 Å². The predicted octanol–water partition coefficient (Wildman–Crippen LogP) is 9.68. The molecule has 3 aromatic rings. The van der Waals surface area contributed by atoms with Crippen molar-refractivity contribution in [3.8, 4) is 22.3 Å². The highest BCUT2D eigenvalue weighted by atomic mass is 79.9. The van der Waals surface area contributed by atoms with Crippen molar-refractivity contribution in [1.29, 1.82) is 0 Å². The van der Waals surface area contributed by atoms with E-state index in [0.717, 1.165) is 4.47 Å². The minimum Gasteiger partial charge on any atom is -0.0610 e. The number of halogens is 1. The van der Waals surface area contributed by atoms with Gasteiger partial charge in [-0.1, -0.05) is 121 Å². The van der Waals surface area contributed by atoms with Gasteiger partial charge in [-0.15, -0.1) is 0 Å². The lowest BCUT2D eigenvalue weighted by atomic mass is 9.79. The molecule has 0 radical (unpaired) electrons. The Morgan fingerprint density at radius 1 is 0.452 bits per heavy atom. The number of hydrogen-bond donors (Lipinski definition) is 0. The Bertz CT molecular complexity index is 1050. The van der Waals surface area contributed by atoms with Crippen molar-refractivity contribution in [3.05, 3.63) is 81.8 Å². The first-order valence-electron chi connectivity index (χ1n) is 11.2. The van der Waals surface area contributed by atoms with Gasteiger partial charge in [-0.3, -0.25) is 0 Å². The Morgan fingerprint density at radius 2 is 0.839 bits per heavy atom. The molecule has 3 rings (SSSR count). The van der Waals surface area contributed by atoms with Gasteiger partial charge in [0.2, 0.25) is 0 Å². The Morgan fingerprint density at radius 3 is 1.26 bits per heavy atom. The van der Waals surface area contributed by atoms with Gasteiger partial charge in [-0.2, -0.15) is 0 Å². The van der Waals surface area contributed by atoms with Gasteiger partial charge >= 0.3 is 0 Å². The molecule has 0 aromatic heterocycles. The third-order valence-corrected chi connectivity index (χ3v) is 6.42. The van der Waals surface area contributed by atoms with Crippen LogP contribution in [-0.2, 0) is 16.2 Å². The average molecular weight is 478 g/mol. The first-order valence-corrected chi connectivity index (χ1v) is 12.0. The lowest BCUT2D eigenvalue weighted by Gasteiger charge is -2.26. The Kier molecular flexibility index (Phi) is 6.33. The summed E-state index contributed by atoms with van der Waals surface area (Å²) in [5, 5.41) is 0. The summed E-state index contributed by atoms with van der Waals surface area (Å²) >= 11 is 3.73. The van der Waals surface area contributed by atoms with Crippen molar-refractivity contribution in [2.45, 2.75) is 78.6 Å². The molecule has 0 heterocycles. The van der Waals surface area contributed by atoms with Gasteiger partial charge < -0.3 is 0 Å². The first kappa shape index (κ1) is 23.8. The van der Waals surface area contributed by atoms with Crippen molar-refractivity contribution in [2.75, 3.05) is 0 Å². The maximum Gasteiger partial charge on any atom is 0.0184 e. The molecule has 0 atom stereocenters. The molecule has 0 unspecified atom stereocenters. The molecule has 0 spiro atoms. The van der Waals surface area contributed by atoms with Crippen LogP contribution in [0.3, 0.4) is 0 Å². The van der Waals surface area contributed by atoms with E-state index in [0.29, 0.717) is 0 Å². The monoisotopic (exact) mass is 476 g/mol. The number of hydrogen-bond acceptors (Lipinski definition) is 0. The zero-order valence-corrected chi connectivity index (χ0v) is 22.2.